The Labute approximate surface area is 106 Å². The molecule has 4 rings (SSSR count). The van der Waals surface area contributed by atoms with Gasteiger partial charge in [-0.3, -0.25) is 4.90 Å². The molecule has 1 atom stereocenters. The van der Waals surface area contributed by atoms with Crippen LogP contribution < -0.4 is 0 Å². The third kappa shape index (κ3) is 2.04. The Morgan fingerprint density at radius 2 is 2.24 bits per heavy atom. The number of piperidine rings is 3. The van der Waals surface area contributed by atoms with Crippen molar-refractivity contribution in [1.29, 1.82) is 0 Å². The molecule has 4 heterocycles. The minimum Gasteiger partial charge on any atom is -0.357 e. The van der Waals surface area contributed by atoms with Crippen LogP contribution in [0.4, 0.5) is 0 Å². The maximum Gasteiger partial charge on any atom is 0.159 e. The summed E-state index contributed by atoms with van der Waals surface area (Å²) in [6.45, 7) is 4.47. The van der Waals surface area contributed by atoms with Crippen molar-refractivity contribution in [2.45, 2.75) is 25.1 Å². The third-order valence-corrected chi connectivity index (χ3v) is 4.81. The summed E-state index contributed by atoms with van der Waals surface area (Å²) in [7, 11) is 0. The maximum atomic E-state index is 5.31. The van der Waals surface area contributed by atoms with Gasteiger partial charge in [0.25, 0.3) is 0 Å². The number of aromatic nitrogens is 1. The van der Waals surface area contributed by atoms with E-state index in [9.17, 15) is 0 Å². The first-order valence-corrected chi connectivity index (χ1v) is 7.48. The minimum absolute atomic E-state index is 0.549. The highest BCUT2D eigenvalue weighted by Crippen LogP contribution is 2.41. The first kappa shape index (κ1) is 11.4. The van der Waals surface area contributed by atoms with Crippen LogP contribution in [-0.4, -0.2) is 34.8 Å². The second-order valence-electron chi connectivity index (χ2n) is 4.91. The fourth-order valence-electron chi connectivity index (χ4n) is 2.97. The van der Waals surface area contributed by atoms with E-state index in [1.807, 2.05) is 24.8 Å². The molecule has 1 aromatic heterocycles. The van der Waals surface area contributed by atoms with Crippen molar-refractivity contribution in [3.8, 4) is 0 Å². The molecule has 3 aliphatic heterocycles. The van der Waals surface area contributed by atoms with Gasteiger partial charge < -0.3 is 4.52 Å². The number of hydrogen-bond acceptors (Lipinski definition) is 4. The molecule has 0 aliphatic carbocycles. The van der Waals surface area contributed by atoms with Crippen LogP contribution in [0.2, 0.25) is 0 Å². The molecule has 3 saturated heterocycles. The van der Waals surface area contributed by atoms with Crippen molar-refractivity contribution in [3.63, 3.8) is 0 Å². The molecule has 0 N–H and O–H groups in total. The van der Waals surface area contributed by atoms with Gasteiger partial charge in [-0.15, -0.1) is 11.8 Å². The van der Waals surface area contributed by atoms with Gasteiger partial charge in [-0.1, -0.05) is 5.16 Å². The number of rotatable bonds is 2. The van der Waals surface area contributed by atoms with Crippen LogP contribution in [0.25, 0.3) is 6.08 Å². The second kappa shape index (κ2) is 4.50. The van der Waals surface area contributed by atoms with E-state index >= 15 is 0 Å². The molecular weight excluding hydrogens is 232 g/mol. The predicted molar refractivity (Wildman–Crippen MR) is 70.8 cm³/mol. The monoisotopic (exact) mass is 250 g/mol. The van der Waals surface area contributed by atoms with E-state index in [2.05, 4.69) is 22.4 Å². The lowest BCUT2D eigenvalue weighted by molar-refractivity contribution is 0.147. The van der Waals surface area contributed by atoms with Crippen LogP contribution in [0.5, 0.6) is 0 Å². The predicted octanol–water partition coefficient (Wildman–Crippen LogP) is 2.78. The van der Waals surface area contributed by atoms with Gasteiger partial charge >= 0.3 is 0 Å². The first-order chi connectivity index (χ1) is 8.28. The van der Waals surface area contributed by atoms with E-state index in [4.69, 9.17) is 4.52 Å². The van der Waals surface area contributed by atoms with Gasteiger partial charge in [-0.05, 0) is 43.6 Å². The highest BCUT2D eigenvalue weighted by Gasteiger charge is 2.37. The summed E-state index contributed by atoms with van der Waals surface area (Å²) in [6.07, 6.45) is 7.02. The average Bonchev–Trinajstić information content (AvgIpc) is 2.76. The van der Waals surface area contributed by atoms with Crippen LogP contribution >= 0.6 is 11.8 Å². The Balaban J connectivity index is 1.92. The number of hydrogen-bond donors (Lipinski definition) is 0. The van der Waals surface area contributed by atoms with Crippen molar-refractivity contribution in [1.82, 2.24) is 10.1 Å². The van der Waals surface area contributed by atoms with Crippen LogP contribution in [0.1, 0.15) is 24.3 Å². The minimum atomic E-state index is 0.549. The summed E-state index contributed by atoms with van der Waals surface area (Å²) in [5.41, 5.74) is 2.49. The van der Waals surface area contributed by atoms with E-state index < -0.39 is 0 Å². The molecule has 92 valence electrons. The lowest BCUT2D eigenvalue weighted by Crippen LogP contribution is -2.48. The number of nitrogens with zero attached hydrogens (tertiary/aromatic N) is 2. The van der Waals surface area contributed by atoms with Crippen molar-refractivity contribution >= 4 is 17.8 Å². The molecule has 3 nitrogen and oxygen atoms in total. The average molecular weight is 250 g/mol. The Kier molecular flexibility index (Phi) is 3.01. The van der Waals surface area contributed by atoms with E-state index in [-0.39, 0.29) is 0 Å². The van der Waals surface area contributed by atoms with Crippen LogP contribution in [0.3, 0.4) is 0 Å². The largest absolute Gasteiger partial charge is 0.357 e. The van der Waals surface area contributed by atoms with E-state index in [0.717, 1.165) is 17.4 Å². The summed E-state index contributed by atoms with van der Waals surface area (Å²) < 4.78 is 5.31. The van der Waals surface area contributed by atoms with Crippen LogP contribution in [-0.2, 0) is 0 Å². The van der Waals surface area contributed by atoms with Crippen molar-refractivity contribution in [2.75, 3.05) is 19.3 Å². The summed E-state index contributed by atoms with van der Waals surface area (Å²) in [5, 5.41) is 4.50. The van der Waals surface area contributed by atoms with Gasteiger partial charge in [0.15, 0.2) is 5.76 Å². The molecule has 1 aromatic rings. The molecule has 0 spiro atoms. The third-order valence-electron chi connectivity index (χ3n) is 3.80. The summed E-state index contributed by atoms with van der Waals surface area (Å²) >= 11 is 1.94. The molecule has 0 aromatic carbocycles. The summed E-state index contributed by atoms with van der Waals surface area (Å²) in [5.74, 6) is 1.66. The zero-order valence-corrected chi connectivity index (χ0v) is 11.2. The first-order valence-electron chi connectivity index (χ1n) is 6.19. The van der Waals surface area contributed by atoms with Gasteiger partial charge in [-0.2, -0.15) is 0 Å². The molecule has 0 radical (unpaired) electrons. The van der Waals surface area contributed by atoms with Gasteiger partial charge in [-0.25, -0.2) is 0 Å². The molecule has 0 amide bonds. The summed E-state index contributed by atoms with van der Waals surface area (Å²) in [6, 6.07) is 2.02. The van der Waals surface area contributed by atoms with E-state index in [1.54, 1.807) is 0 Å². The van der Waals surface area contributed by atoms with E-state index in [0.29, 0.717) is 5.37 Å². The van der Waals surface area contributed by atoms with Crippen molar-refractivity contribution in [2.24, 2.45) is 5.92 Å². The SMILES string of the molecule is CS[C@H]1/C(=C\c2cc(C)no2)C2CCN1CC2. The quantitative estimate of drug-likeness (QED) is 0.807. The summed E-state index contributed by atoms with van der Waals surface area (Å²) in [4.78, 5) is 2.58. The fourth-order valence-corrected chi connectivity index (χ4v) is 4.01. The normalized spacial score (nSPS) is 34.5. The topological polar surface area (TPSA) is 29.3 Å². The molecule has 3 aliphatic rings. The highest BCUT2D eigenvalue weighted by molar-refractivity contribution is 7.99. The maximum absolute atomic E-state index is 5.31. The highest BCUT2D eigenvalue weighted by atomic mass is 32.2. The zero-order valence-electron chi connectivity index (χ0n) is 10.3. The van der Waals surface area contributed by atoms with Crippen molar-refractivity contribution in [3.05, 3.63) is 23.1 Å². The van der Waals surface area contributed by atoms with Gasteiger partial charge in [0, 0.05) is 19.2 Å². The van der Waals surface area contributed by atoms with Crippen LogP contribution in [0, 0.1) is 12.8 Å². The van der Waals surface area contributed by atoms with Crippen molar-refractivity contribution < 1.29 is 4.52 Å². The smallest absolute Gasteiger partial charge is 0.159 e. The van der Waals surface area contributed by atoms with Gasteiger partial charge in [0.05, 0.1) is 11.1 Å². The molecular formula is C13H18N2OS. The molecule has 2 bridgehead atoms. The Hall–Kier alpha value is -0.740. The lowest BCUT2D eigenvalue weighted by atomic mass is 9.83. The second-order valence-corrected chi connectivity index (χ2v) is 5.83. The fraction of sp³-hybridized carbons (Fsp3) is 0.615. The molecule has 17 heavy (non-hydrogen) atoms. The Bertz CT molecular complexity index is 432. The standard InChI is InChI=1S/C13H18N2OS/c1-9-7-11(16-14-9)8-12-10-3-5-15(6-4-10)13(12)17-2/h7-8,10,13H,3-6H2,1-2H3/b12-8-/t13-/m0/s1. The molecule has 4 heteroatoms. The number of fused-ring (bicyclic) bond motifs is 3. The number of aryl methyl sites for hydroxylation is 1. The van der Waals surface area contributed by atoms with Gasteiger partial charge in [0.2, 0.25) is 0 Å². The Morgan fingerprint density at radius 1 is 1.47 bits per heavy atom. The lowest BCUT2D eigenvalue weighted by Gasteiger charge is -2.46. The van der Waals surface area contributed by atoms with Crippen LogP contribution in [0.15, 0.2) is 16.2 Å². The van der Waals surface area contributed by atoms with E-state index in [1.165, 1.54) is 31.5 Å². The molecule has 0 saturated carbocycles. The Morgan fingerprint density at radius 3 is 2.82 bits per heavy atom. The van der Waals surface area contributed by atoms with Gasteiger partial charge in [0.1, 0.15) is 0 Å². The molecule has 3 fully saturated rings. The molecule has 0 unspecified atom stereocenters. The zero-order chi connectivity index (χ0) is 11.8. The number of thioether (sulfide) groups is 1.